The van der Waals surface area contributed by atoms with E-state index in [1.807, 2.05) is 12.3 Å². The lowest BCUT2D eigenvalue weighted by molar-refractivity contribution is 0.757. The minimum absolute atomic E-state index is 0.701. The zero-order valence-corrected chi connectivity index (χ0v) is 11.8. The average Bonchev–Trinajstić information content (AvgIpc) is 2.70. The molecular weight excluding hydrogens is 248 g/mol. The smallest absolute Gasteiger partial charge is 0.224 e. The maximum atomic E-state index is 4.63. The summed E-state index contributed by atoms with van der Waals surface area (Å²) < 4.78 is 0. The number of aryl methyl sites for hydroxylation is 1. The van der Waals surface area contributed by atoms with Crippen LogP contribution in [0.1, 0.15) is 25.3 Å². The zero-order chi connectivity index (χ0) is 13.8. The highest BCUT2D eigenvalue weighted by Crippen LogP contribution is 2.31. The van der Waals surface area contributed by atoms with E-state index in [1.54, 1.807) is 0 Å². The number of fused-ring (bicyclic) bond motifs is 1. The summed E-state index contributed by atoms with van der Waals surface area (Å²) in [6.07, 6.45) is 5.40. The van der Waals surface area contributed by atoms with Crippen LogP contribution in [0, 0.1) is 0 Å². The molecule has 3 rings (SSSR count). The first-order chi connectivity index (χ1) is 9.88. The summed E-state index contributed by atoms with van der Waals surface area (Å²) in [7, 11) is 0. The van der Waals surface area contributed by atoms with E-state index in [0.717, 1.165) is 25.3 Å². The number of rotatable bonds is 3. The van der Waals surface area contributed by atoms with Crippen LogP contribution in [0.4, 0.5) is 17.5 Å². The third-order valence-corrected chi connectivity index (χ3v) is 3.61. The van der Waals surface area contributed by atoms with Gasteiger partial charge in [-0.25, -0.2) is 4.98 Å². The average molecular weight is 268 g/mol. The van der Waals surface area contributed by atoms with Crippen molar-refractivity contribution in [1.82, 2.24) is 9.97 Å². The van der Waals surface area contributed by atoms with Crippen molar-refractivity contribution in [2.45, 2.75) is 26.2 Å². The molecule has 0 radical (unpaired) electrons. The Morgan fingerprint density at radius 2 is 2.10 bits per heavy atom. The Bertz CT molecular complexity index is 582. The van der Waals surface area contributed by atoms with Gasteiger partial charge in [0.1, 0.15) is 5.82 Å². The Kier molecular flexibility index (Phi) is 3.81. The summed E-state index contributed by atoms with van der Waals surface area (Å²) >= 11 is 0. The molecule has 1 aliphatic heterocycles. The molecular formula is C16H20N4. The van der Waals surface area contributed by atoms with Gasteiger partial charge in [-0.1, -0.05) is 18.2 Å². The van der Waals surface area contributed by atoms with Crippen molar-refractivity contribution in [2.24, 2.45) is 0 Å². The normalized spacial score (nSPS) is 14.6. The maximum Gasteiger partial charge on any atom is 0.224 e. The summed E-state index contributed by atoms with van der Waals surface area (Å²) in [6.45, 7) is 3.90. The van der Waals surface area contributed by atoms with Gasteiger partial charge in [-0.3, -0.25) is 0 Å². The number of para-hydroxylation sites is 1. The highest BCUT2D eigenvalue weighted by molar-refractivity contribution is 5.65. The quantitative estimate of drug-likeness (QED) is 0.926. The summed E-state index contributed by atoms with van der Waals surface area (Å²) in [5.41, 5.74) is 2.69. The third-order valence-electron chi connectivity index (χ3n) is 3.61. The Labute approximate surface area is 119 Å². The van der Waals surface area contributed by atoms with Crippen molar-refractivity contribution in [3.05, 3.63) is 42.1 Å². The van der Waals surface area contributed by atoms with Crippen LogP contribution in [0.5, 0.6) is 0 Å². The summed E-state index contributed by atoms with van der Waals surface area (Å²) in [5.74, 6) is 1.68. The molecule has 20 heavy (non-hydrogen) atoms. The highest BCUT2D eigenvalue weighted by Gasteiger charge is 2.17. The first-order valence-corrected chi connectivity index (χ1v) is 7.31. The lowest BCUT2D eigenvalue weighted by Crippen LogP contribution is -2.19. The lowest BCUT2D eigenvalue weighted by Gasteiger charge is -2.24. The maximum absolute atomic E-state index is 4.63. The first-order valence-electron chi connectivity index (χ1n) is 7.31. The third kappa shape index (κ3) is 2.59. The van der Waals surface area contributed by atoms with Crippen LogP contribution >= 0.6 is 0 Å². The predicted octanol–water partition coefficient (Wildman–Crippen LogP) is 3.38. The second kappa shape index (κ2) is 5.90. The van der Waals surface area contributed by atoms with Gasteiger partial charge in [0, 0.05) is 25.0 Å². The van der Waals surface area contributed by atoms with Crippen LogP contribution in [0.15, 0.2) is 36.5 Å². The number of hydrogen-bond acceptors (Lipinski definition) is 4. The van der Waals surface area contributed by atoms with Gasteiger partial charge in [0.2, 0.25) is 5.95 Å². The van der Waals surface area contributed by atoms with Crippen LogP contribution in [0.2, 0.25) is 0 Å². The first kappa shape index (κ1) is 12.9. The van der Waals surface area contributed by atoms with Gasteiger partial charge in [0.15, 0.2) is 0 Å². The zero-order valence-electron chi connectivity index (χ0n) is 11.8. The lowest BCUT2D eigenvalue weighted by atomic mass is 10.1. The molecule has 1 N–H and O–H groups in total. The van der Waals surface area contributed by atoms with Gasteiger partial charge in [0.25, 0.3) is 0 Å². The molecule has 0 aliphatic carbocycles. The fourth-order valence-corrected chi connectivity index (χ4v) is 2.67. The largest absolute Gasteiger partial charge is 0.354 e. The van der Waals surface area contributed by atoms with Gasteiger partial charge in [-0.15, -0.1) is 0 Å². The van der Waals surface area contributed by atoms with Crippen LogP contribution in [0.25, 0.3) is 0 Å². The molecule has 0 atom stereocenters. The van der Waals surface area contributed by atoms with Gasteiger partial charge >= 0.3 is 0 Å². The van der Waals surface area contributed by atoms with Gasteiger partial charge in [0.05, 0.1) is 0 Å². The van der Waals surface area contributed by atoms with Crippen molar-refractivity contribution in [1.29, 1.82) is 0 Å². The van der Waals surface area contributed by atoms with Crippen LogP contribution < -0.4 is 10.2 Å². The number of aromatic nitrogens is 2. The monoisotopic (exact) mass is 268 g/mol. The van der Waals surface area contributed by atoms with Gasteiger partial charge in [-0.2, -0.15) is 4.98 Å². The molecule has 1 aromatic heterocycles. The Balaban J connectivity index is 1.98. The molecule has 0 unspecified atom stereocenters. The molecule has 0 amide bonds. The molecule has 1 aromatic carbocycles. The minimum Gasteiger partial charge on any atom is -0.354 e. The molecule has 4 heteroatoms. The predicted molar refractivity (Wildman–Crippen MR) is 82.6 cm³/mol. The van der Waals surface area contributed by atoms with E-state index < -0.39 is 0 Å². The Hall–Kier alpha value is -2.10. The molecule has 0 fully saturated rings. The van der Waals surface area contributed by atoms with Crippen molar-refractivity contribution >= 4 is 17.5 Å². The molecule has 0 saturated carbocycles. The summed E-state index contributed by atoms with van der Waals surface area (Å²) in [6, 6.07) is 10.6. The number of anilines is 3. The topological polar surface area (TPSA) is 41.1 Å². The SMILES string of the molecule is CCNc1nccc(N2CCCCc3ccccc32)n1. The van der Waals surface area contributed by atoms with E-state index in [2.05, 4.69) is 51.4 Å². The van der Waals surface area contributed by atoms with Crippen molar-refractivity contribution in [2.75, 3.05) is 23.3 Å². The van der Waals surface area contributed by atoms with E-state index in [1.165, 1.54) is 24.1 Å². The second-order valence-corrected chi connectivity index (χ2v) is 5.01. The van der Waals surface area contributed by atoms with E-state index in [-0.39, 0.29) is 0 Å². The van der Waals surface area contributed by atoms with Crippen LogP contribution in [-0.2, 0) is 6.42 Å². The fourth-order valence-electron chi connectivity index (χ4n) is 2.67. The van der Waals surface area contributed by atoms with E-state index in [9.17, 15) is 0 Å². The standard InChI is InChI=1S/C16H20N4/c1-2-17-16-18-11-10-15(19-16)20-12-6-5-8-13-7-3-4-9-14(13)20/h3-4,7,9-11H,2,5-6,8,12H2,1H3,(H,17,18,19). The van der Waals surface area contributed by atoms with Crippen LogP contribution in [0.3, 0.4) is 0 Å². The van der Waals surface area contributed by atoms with E-state index >= 15 is 0 Å². The van der Waals surface area contributed by atoms with E-state index in [0.29, 0.717) is 5.95 Å². The van der Waals surface area contributed by atoms with Crippen molar-refractivity contribution in [3.63, 3.8) is 0 Å². The van der Waals surface area contributed by atoms with Crippen molar-refractivity contribution < 1.29 is 0 Å². The van der Waals surface area contributed by atoms with Crippen molar-refractivity contribution in [3.8, 4) is 0 Å². The number of nitrogens with zero attached hydrogens (tertiary/aromatic N) is 3. The molecule has 0 saturated heterocycles. The number of nitrogens with one attached hydrogen (secondary N) is 1. The summed E-state index contributed by atoms with van der Waals surface area (Å²) in [4.78, 5) is 11.2. The fraction of sp³-hybridized carbons (Fsp3) is 0.375. The molecule has 1 aliphatic rings. The molecule has 0 bridgehead atoms. The number of benzene rings is 1. The van der Waals surface area contributed by atoms with E-state index in [4.69, 9.17) is 0 Å². The molecule has 104 valence electrons. The Morgan fingerprint density at radius 1 is 1.20 bits per heavy atom. The van der Waals surface area contributed by atoms with Gasteiger partial charge < -0.3 is 10.2 Å². The molecule has 2 heterocycles. The molecule has 0 spiro atoms. The minimum atomic E-state index is 0.701. The van der Waals surface area contributed by atoms with Crippen LogP contribution in [-0.4, -0.2) is 23.1 Å². The molecule has 4 nitrogen and oxygen atoms in total. The number of hydrogen-bond donors (Lipinski definition) is 1. The second-order valence-electron chi connectivity index (χ2n) is 5.01. The summed E-state index contributed by atoms with van der Waals surface area (Å²) in [5, 5.41) is 3.18. The Morgan fingerprint density at radius 3 is 3.00 bits per heavy atom. The van der Waals surface area contributed by atoms with Gasteiger partial charge in [-0.05, 0) is 43.9 Å². The highest BCUT2D eigenvalue weighted by atomic mass is 15.2. The molecule has 2 aromatic rings.